The van der Waals surface area contributed by atoms with E-state index in [0.29, 0.717) is 17.5 Å². The average Bonchev–Trinajstić information content (AvgIpc) is 3.98. The first-order valence-corrected chi connectivity index (χ1v) is 20.5. The van der Waals surface area contributed by atoms with E-state index in [1.807, 2.05) is 72.8 Å². The molecule has 6 heteroatoms. The van der Waals surface area contributed by atoms with Crippen LogP contribution in [0.1, 0.15) is 0 Å². The normalized spacial score (nSPS) is 11.9. The molecule has 6 nitrogen and oxygen atoms in total. The van der Waals surface area contributed by atoms with Crippen molar-refractivity contribution in [3.63, 3.8) is 0 Å². The van der Waals surface area contributed by atoms with Crippen molar-refractivity contribution in [2.45, 2.75) is 0 Å². The Balaban J connectivity index is 1.10. The van der Waals surface area contributed by atoms with E-state index in [-0.39, 0.29) is 0 Å². The maximum Gasteiger partial charge on any atom is 0.164 e. The van der Waals surface area contributed by atoms with E-state index < -0.39 is 0 Å². The Labute approximate surface area is 349 Å². The molecule has 0 N–H and O–H groups in total. The van der Waals surface area contributed by atoms with Crippen LogP contribution in [0.4, 0.5) is 0 Å². The first-order valence-electron chi connectivity index (χ1n) is 20.5. The summed E-state index contributed by atoms with van der Waals surface area (Å²) in [5.41, 5.74) is 11.1. The number of benzene rings is 9. The van der Waals surface area contributed by atoms with E-state index in [4.69, 9.17) is 19.4 Å². The fourth-order valence-electron chi connectivity index (χ4n) is 9.51. The minimum absolute atomic E-state index is 0.592. The van der Waals surface area contributed by atoms with E-state index >= 15 is 0 Å². The third-order valence-corrected chi connectivity index (χ3v) is 12.1. The zero-order chi connectivity index (χ0) is 40.0. The number of para-hydroxylation sites is 3. The van der Waals surface area contributed by atoms with Gasteiger partial charge in [0, 0.05) is 66.1 Å². The van der Waals surface area contributed by atoms with E-state index in [9.17, 15) is 0 Å². The smallest absolute Gasteiger partial charge is 0.164 e. The summed E-state index contributed by atoms with van der Waals surface area (Å²) >= 11 is 0. The molecule has 284 valence electrons. The lowest BCUT2D eigenvalue weighted by Crippen LogP contribution is -2.00. The third kappa shape index (κ3) is 5.06. The van der Waals surface area contributed by atoms with Gasteiger partial charge in [0.05, 0.1) is 27.8 Å². The highest BCUT2D eigenvalue weighted by Gasteiger charge is 2.24. The van der Waals surface area contributed by atoms with Crippen LogP contribution in [0.2, 0.25) is 0 Å². The van der Waals surface area contributed by atoms with Crippen molar-refractivity contribution in [2.24, 2.45) is 0 Å². The lowest BCUT2D eigenvalue weighted by atomic mass is 9.99. The summed E-state index contributed by atoms with van der Waals surface area (Å²) in [6, 6.07) is 70.2. The molecule has 4 aromatic heterocycles. The molecule has 0 aliphatic rings. The second-order valence-electron chi connectivity index (χ2n) is 15.6. The summed E-state index contributed by atoms with van der Waals surface area (Å²) in [7, 11) is 0. The molecule has 0 saturated heterocycles. The van der Waals surface area contributed by atoms with Crippen molar-refractivity contribution >= 4 is 76.3 Å². The number of fused-ring (bicyclic) bond motifs is 11. The Bertz CT molecular complexity index is 3810. The van der Waals surface area contributed by atoms with Gasteiger partial charge in [0.1, 0.15) is 11.2 Å². The highest BCUT2D eigenvalue weighted by molar-refractivity contribution is 6.25. The van der Waals surface area contributed by atoms with Gasteiger partial charge in [0.2, 0.25) is 0 Å². The number of aromatic nitrogens is 5. The maximum atomic E-state index is 6.91. The Morgan fingerprint density at radius 2 is 0.852 bits per heavy atom. The number of nitrogens with zero attached hydrogens (tertiary/aromatic N) is 5. The number of furan rings is 1. The van der Waals surface area contributed by atoms with E-state index in [2.05, 4.69) is 137 Å². The number of hydrogen-bond donors (Lipinski definition) is 0. The maximum absolute atomic E-state index is 6.91. The van der Waals surface area contributed by atoms with Crippen LogP contribution >= 0.6 is 0 Å². The molecule has 0 bridgehead atoms. The fourth-order valence-corrected chi connectivity index (χ4v) is 9.51. The van der Waals surface area contributed by atoms with Crippen LogP contribution in [0.5, 0.6) is 0 Å². The van der Waals surface area contributed by atoms with Crippen LogP contribution in [-0.2, 0) is 0 Å². The van der Waals surface area contributed by atoms with Gasteiger partial charge in [-0.1, -0.05) is 152 Å². The van der Waals surface area contributed by atoms with Crippen molar-refractivity contribution < 1.29 is 4.42 Å². The topological polar surface area (TPSA) is 61.7 Å². The molecule has 61 heavy (non-hydrogen) atoms. The number of rotatable bonds is 5. The number of hydrogen-bond acceptors (Lipinski definition) is 4. The molecule has 0 aliphatic heterocycles. The van der Waals surface area contributed by atoms with Gasteiger partial charge in [-0.05, 0) is 47.9 Å². The highest BCUT2D eigenvalue weighted by atomic mass is 16.3. The van der Waals surface area contributed by atoms with Crippen LogP contribution < -0.4 is 0 Å². The Morgan fingerprint density at radius 3 is 1.51 bits per heavy atom. The lowest BCUT2D eigenvalue weighted by molar-refractivity contribution is 0.669. The molecule has 13 rings (SSSR count). The minimum atomic E-state index is 0.592. The molecule has 0 aliphatic carbocycles. The monoisotopic (exact) mass is 779 g/mol. The van der Waals surface area contributed by atoms with Crippen LogP contribution in [0.25, 0.3) is 122 Å². The fraction of sp³-hybridized carbons (Fsp3) is 0. The van der Waals surface area contributed by atoms with Gasteiger partial charge in [-0.25, -0.2) is 15.0 Å². The third-order valence-electron chi connectivity index (χ3n) is 12.1. The Kier molecular flexibility index (Phi) is 7.21. The predicted molar refractivity (Wildman–Crippen MR) is 250 cm³/mol. The van der Waals surface area contributed by atoms with Crippen molar-refractivity contribution in [1.29, 1.82) is 0 Å². The van der Waals surface area contributed by atoms with Crippen LogP contribution in [-0.4, -0.2) is 24.1 Å². The van der Waals surface area contributed by atoms with E-state index in [1.54, 1.807) is 0 Å². The molecule has 0 spiro atoms. The zero-order valence-electron chi connectivity index (χ0n) is 32.7. The van der Waals surface area contributed by atoms with Crippen molar-refractivity contribution in [1.82, 2.24) is 24.1 Å². The highest BCUT2D eigenvalue weighted by Crippen LogP contribution is 2.45. The summed E-state index contributed by atoms with van der Waals surface area (Å²) in [6.07, 6.45) is 0. The van der Waals surface area contributed by atoms with Crippen LogP contribution in [0.3, 0.4) is 0 Å². The molecular weight excluding hydrogens is 747 g/mol. The predicted octanol–water partition coefficient (Wildman–Crippen LogP) is 14.1. The van der Waals surface area contributed by atoms with Gasteiger partial charge < -0.3 is 13.6 Å². The molecule has 0 saturated carbocycles. The first-order chi connectivity index (χ1) is 30.3. The molecule has 0 unspecified atom stereocenters. The van der Waals surface area contributed by atoms with E-state index in [0.717, 1.165) is 77.3 Å². The Hall–Kier alpha value is -8.35. The molecule has 0 radical (unpaired) electrons. The van der Waals surface area contributed by atoms with Gasteiger partial charge in [-0.3, -0.25) is 0 Å². The summed E-state index contributed by atoms with van der Waals surface area (Å²) in [4.78, 5) is 15.3. The molecule has 4 heterocycles. The van der Waals surface area contributed by atoms with Gasteiger partial charge >= 0.3 is 0 Å². The molecule has 0 atom stereocenters. The van der Waals surface area contributed by atoms with Gasteiger partial charge in [-0.2, -0.15) is 0 Å². The molecule has 13 aromatic rings. The van der Waals surface area contributed by atoms with Gasteiger partial charge in [0.15, 0.2) is 17.5 Å². The Morgan fingerprint density at radius 1 is 0.328 bits per heavy atom. The molecular formula is C55H33N5O. The van der Waals surface area contributed by atoms with Crippen molar-refractivity contribution in [3.05, 3.63) is 200 Å². The minimum Gasteiger partial charge on any atom is -0.456 e. The molecule has 9 aromatic carbocycles. The zero-order valence-corrected chi connectivity index (χ0v) is 32.7. The van der Waals surface area contributed by atoms with Gasteiger partial charge in [0.25, 0.3) is 0 Å². The first kappa shape index (κ1) is 33.6. The van der Waals surface area contributed by atoms with Gasteiger partial charge in [-0.15, -0.1) is 0 Å². The largest absolute Gasteiger partial charge is 0.456 e. The second kappa shape index (κ2) is 13.1. The summed E-state index contributed by atoms with van der Waals surface area (Å²) < 4.78 is 11.7. The standard InChI is InChI=1S/C55H33N5O/c1-4-17-34(18-5-1)53-56-54(35-19-6-2-7-20-35)58-55(57-53)41-27-16-30-49-52(41)51-40-26-11-10-23-37(40)48(33-50(51)61-49)60-45-29-15-13-25-39(45)43-31-42-38-24-12-14-28-44(38)59(46(42)32-47(43)60)36-21-8-3-9-22-36/h1-33H. The lowest BCUT2D eigenvalue weighted by Gasteiger charge is -2.13. The average molecular weight is 780 g/mol. The SMILES string of the molecule is c1ccc(-c2nc(-c3ccccc3)nc(-c3cccc4oc5cc(-n6c7ccccc7c7cc8c9ccccc9n(-c9ccccc9)c8cc76)c6ccccc6c5c34)n2)cc1. The van der Waals surface area contributed by atoms with Crippen LogP contribution in [0, 0.1) is 0 Å². The van der Waals surface area contributed by atoms with E-state index in [1.165, 1.54) is 27.1 Å². The summed E-state index contributed by atoms with van der Waals surface area (Å²) in [6.45, 7) is 0. The summed E-state index contributed by atoms with van der Waals surface area (Å²) in [5, 5.41) is 9.07. The molecule has 0 amide bonds. The summed E-state index contributed by atoms with van der Waals surface area (Å²) in [5.74, 6) is 1.83. The van der Waals surface area contributed by atoms with Crippen LogP contribution in [0.15, 0.2) is 205 Å². The molecule has 0 fully saturated rings. The van der Waals surface area contributed by atoms with Crippen molar-refractivity contribution in [2.75, 3.05) is 0 Å². The second-order valence-corrected chi connectivity index (χ2v) is 15.6. The van der Waals surface area contributed by atoms with Crippen molar-refractivity contribution in [3.8, 4) is 45.5 Å². The quantitative estimate of drug-likeness (QED) is 0.175.